The zero-order chi connectivity index (χ0) is 17.6. The Morgan fingerprint density at radius 2 is 1.70 bits per heavy atom. The molecule has 1 N–H and O–H groups in total. The molecule has 1 unspecified atom stereocenters. The number of carbonyl (C=O) groups is 2. The van der Waals surface area contributed by atoms with E-state index in [9.17, 15) is 9.59 Å². The quantitative estimate of drug-likeness (QED) is 0.827. The number of hydrogen-bond acceptors (Lipinski definition) is 2. The minimum Gasteiger partial charge on any atom is -0.352 e. The summed E-state index contributed by atoms with van der Waals surface area (Å²) in [5.41, 5.74) is 0.928. The van der Waals surface area contributed by atoms with Gasteiger partial charge in [-0.1, -0.05) is 37.6 Å². The first-order valence-electron chi connectivity index (χ1n) is 8.09. The smallest absolute Gasteiger partial charge is 0.239 e. The van der Waals surface area contributed by atoms with Crippen molar-refractivity contribution in [3.63, 3.8) is 0 Å². The summed E-state index contributed by atoms with van der Waals surface area (Å²) in [6.45, 7) is 10.3. The molecule has 4 nitrogen and oxygen atoms in total. The molecule has 0 aliphatic carbocycles. The summed E-state index contributed by atoms with van der Waals surface area (Å²) in [6.07, 6.45) is 0. The predicted molar refractivity (Wildman–Crippen MR) is 94.6 cm³/mol. The highest BCUT2D eigenvalue weighted by atomic mass is 35.5. The highest BCUT2D eigenvalue weighted by Gasteiger charge is 2.29. The summed E-state index contributed by atoms with van der Waals surface area (Å²) >= 11 is 5.93. The van der Waals surface area contributed by atoms with E-state index in [1.807, 2.05) is 46.8 Å². The van der Waals surface area contributed by atoms with Crippen molar-refractivity contribution >= 4 is 23.4 Å². The Kier molecular flexibility index (Phi) is 7.56. The molecule has 0 fully saturated rings. The summed E-state index contributed by atoms with van der Waals surface area (Å²) in [5, 5.41) is 3.47. The van der Waals surface area contributed by atoms with Gasteiger partial charge in [-0.2, -0.15) is 0 Å². The fourth-order valence-electron chi connectivity index (χ4n) is 2.57. The van der Waals surface area contributed by atoms with Crippen LogP contribution in [0.3, 0.4) is 0 Å². The molecule has 0 spiro atoms. The molecule has 1 rings (SSSR count). The summed E-state index contributed by atoms with van der Waals surface area (Å²) in [6, 6.07) is 7.41. The van der Waals surface area contributed by atoms with Crippen molar-refractivity contribution in [1.82, 2.24) is 10.2 Å². The van der Waals surface area contributed by atoms with E-state index in [1.165, 1.54) is 0 Å². The Bertz CT molecular complexity index is 526. The van der Waals surface area contributed by atoms with Gasteiger partial charge in [0.25, 0.3) is 0 Å². The molecule has 0 bridgehead atoms. The molecule has 1 aromatic rings. The van der Waals surface area contributed by atoms with Crippen molar-refractivity contribution in [2.45, 2.75) is 46.6 Å². The fraction of sp³-hybridized carbons (Fsp3) is 0.556. The Morgan fingerprint density at radius 1 is 1.13 bits per heavy atom. The van der Waals surface area contributed by atoms with Crippen LogP contribution in [-0.2, 0) is 9.59 Å². The summed E-state index contributed by atoms with van der Waals surface area (Å²) in [4.78, 5) is 26.5. The molecule has 1 aromatic carbocycles. The molecular formula is C18H27ClN2O2. The van der Waals surface area contributed by atoms with Crippen molar-refractivity contribution in [3.05, 3.63) is 34.9 Å². The molecule has 1 atom stereocenters. The van der Waals surface area contributed by atoms with E-state index in [0.717, 1.165) is 5.56 Å². The first-order chi connectivity index (χ1) is 10.8. The molecule has 5 heteroatoms. The number of nitrogens with zero attached hydrogens (tertiary/aromatic N) is 1. The first kappa shape index (κ1) is 19.5. The van der Waals surface area contributed by atoms with Gasteiger partial charge in [0.2, 0.25) is 11.8 Å². The maximum Gasteiger partial charge on any atom is 0.239 e. The zero-order valence-electron chi connectivity index (χ0n) is 14.6. The number of carbonyl (C=O) groups excluding carboxylic acids is 2. The van der Waals surface area contributed by atoms with Crippen LogP contribution in [-0.4, -0.2) is 35.8 Å². The molecule has 0 saturated heterocycles. The lowest BCUT2D eigenvalue weighted by molar-refractivity contribution is -0.138. The summed E-state index contributed by atoms with van der Waals surface area (Å²) in [5.74, 6) is -0.303. The van der Waals surface area contributed by atoms with Gasteiger partial charge >= 0.3 is 0 Å². The number of benzene rings is 1. The second-order valence-corrected chi connectivity index (χ2v) is 6.78. The number of halogens is 1. The number of likely N-dealkylation sites (N-methyl/N-ethyl adjacent to an activating group) is 1. The van der Waals surface area contributed by atoms with Crippen LogP contribution in [0.15, 0.2) is 24.3 Å². The van der Waals surface area contributed by atoms with Crippen molar-refractivity contribution in [2.75, 3.05) is 13.1 Å². The van der Waals surface area contributed by atoms with Crippen LogP contribution in [0.2, 0.25) is 5.02 Å². The van der Waals surface area contributed by atoms with Crippen LogP contribution in [0.25, 0.3) is 0 Å². The molecule has 2 amide bonds. The molecule has 0 aliphatic rings. The molecule has 0 aliphatic heterocycles. The minimum absolute atomic E-state index is 0.0243. The third kappa shape index (κ3) is 5.87. The largest absolute Gasteiger partial charge is 0.352 e. The van der Waals surface area contributed by atoms with Gasteiger partial charge in [0.05, 0.1) is 12.5 Å². The zero-order valence-corrected chi connectivity index (χ0v) is 15.4. The van der Waals surface area contributed by atoms with E-state index >= 15 is 0 Å². The van der Waals surface area contributed by atoms with Crippen molar-refractivity contribution in [2.24, 2.45) is 5.92 Å². The van der Waals surface area contributed by atoms with E-state index in [1.54, 1.807) is 17.0 Å². The molecular weight excluding hydrogens is 312 g/mol. The lowest BCUT2D eigenvalue weighted by Gasteiger charge is -2.28. The van der Waals surface area contributed by atoms with E-state index in [2.05, 4.69) is 5.32 Å². The SMILES string of the molecule is CCN(CC(=O)NC(C)C)C(=O)C(c1ccc(Cl)cc1)C(C)C. The van der Waals surface area contributed by atoms with Crippen molar-refractivity contribution in [1.29, 1.82) is 0 Å². The number of rotatable bonds is 7. The number of hydrogen-bond donors (Lipinski definition) is 1. The number of amides is 2. The van der Waals surface area contributed by atoms with E-state index in [0.29, 0.717) is 11.6 Å². The second-order valence-electron chi connectivity index (χ2n) is 6.35. The molecule has 128 valence electrons. The van der Waals surface area contributed by atoms with E-state index in [-0.39, 0.29) is 36.2 Å². The van der Waals surface area contributed by atoms with Gasteiger partial charge < -0.3 is 10.2 Å². The third-order valence-electron chi connectivity index (χ3n) is 3.64. The summed E-state index contributed by atoms with van der Waals surface area (Å²) < 4.78 is 0. The predicted octanol–water partition coefficient (Wildman–Crippen LogP) is 3.45. The van der Waals surface area contributed by atoms with Gasteiger partial charge in [0.1, 0.15) is 0 Å². The highest BCUT2D eigenvalue weighted by Crippen LogP contribution is 2.27. The Balaban J connectivity index is 2.94. The van der Waals surface area contributed by atoms with Gasteiger partial charge in [0.15, 0.2) is 0 Å². The van der Waals surface area contributed by atoms with Gasteiger partial charge in [-0.3, -0.25) is 9.59 Å². The van der Waals surface area contributed by atoms with Crippen LogP contribution in [0, 0.1) is 5.92 Å². The van der Waals surface area contributed by atoms with Gasteiger partial charge in [-0.05, 0) is 44.4 Å². The van der Waals surface area contributed by atoms with Crippen LogP contribution >= 0.6 is 11.6 Å². The molecule has 0 heterocycles. The first-order valence-corrected chi connectivity index (χ1v) is 8.47. The molecule has 23 heavy (non-hydrogen) atoms. The Labute approximate surface area is 144 Å². The minimum atomic E-state index is -0.279. The monoisotopic (exact) mass is 338 g/mol. The molecule has 0 aromatic heterocycles. The maximum absolute atomic E-state index is 12.9. The van der Waals surface area contributed by atoms with Crippen LogP contribution in [0.1, 0.15) is 46.1 Å². The Morgan fingerprint density at radius 3 is 2.13 bits per heavy atom. The normalized spacial score (nSPS) is 12.3. The number of nitrogens with one attached hydrogen (secondary N) is 1. The van der Waals surface area contributed by atoms with Crippen molar-refractivity contribution in [3.8, 4) is 0 Å². The highest BCUT2D eigenvalue weighted by molar-refractivity contribution is 6.30. The van der Waals surface area contributed by atoms with Gasteiger partial charge in [-0.15, -0.1) is 0 Å². The molecule has 0 radical (unpaired) electrons. The van der Waals surface area contributed by atoms with E-state index < -0.39 is 0 Å². The lowest BCUT2D eigenvalue weighted by Crippen LogP contribution is -2.45. The lowest BCUT2D eigenvalue weighted by atomic mass is 9.87. The average molecular weight is 339 g/mol. The van der Waals surface area contributed by atoms with Gasteiger partial charge in [0, 0.05) is 17.6 Å². The second kappa shape index (κ2) is 8.92. The summed E-state index contributed by atoms with van der Waals surface area (Å²) in [7, 11) is 0. The van der Waals surface area contributed by atoms with Crippen LogP contribution in [0.5, 0.6) is 0 Å². The Hall–Kier alpha value is -1.55. The van der Waals surface area contributed by atoms with Gasteiger partial charge in [-0.25, -0.2) is 0 Å². The van der Waals surface area contributed by atoms with Crippen LogP contribution in [0.4, 0.5) is 0 Å². The van der Waals surface area contributed by atoms with Crippen LogP contribution < -0.4 is 5.32 Å². The fourth-order valence-corrected chi connectivity index (χ4v) is 2.69. The van der Waals surface area contributed by atoms with Crippen molar-refractivity contribution < 1.29 is 9.59 Å². The maximum atomic E-state index is 12.9. The topological polar surface area (TPSA) is 49.4 Å². The standard InChI is InChI=1S/C18H27ClN2O2/c1-6-21(11-16(22)20-13(4)5)18(23)17(12(2)3)14-7-9-15(19)10-8-14/h7-10,12-13,17H,6,11H2,1-5H3,(H,20,22). The average Bonchev–Trinajstić information content (AvgIpc) is 2.45. The van der Waals surface area contributed by atoms with E-state index in [4.69, 9.17) is 11.6 Å². The third-order valence-corrected chi connectivity index (χ3v) is 3.89. The molecule has 0 saturated carbocycles.